The number of fused-ring (bicyclic) bond motifs is 1. The van der Waals surface area contributed by atoms with Gasteiger partial charge in [-0.3, -0.25) is 9.59 Å². The second-order valence-electron chi connectivity index (χ2n) is 6.88. The minimum atomic E-state index is -0.933. The molecular weight excluding hydrogens is 313 g/mol. The van der Waals surface area contributed by atoms with Gasteiger partial charge in [-0.1, -0.05) is 13.8 Å². The number of aliphatic carboxylic acids is 1. The number of aromatic nitrogens is 2. The number of carbonyl (C=O) groups excluding carboxylic acids is 1. The molecule has 0 spiro atoms. The number of nitrogens with zero attached hydrogens (tertiary/aromatic N) is 2. The van der Waals surface area contributed by atoms with E-state index in [0.29, 0.717) is 24.0 Å². The molecule has 1 saturated carbocycles. The fraction of sp³-hybridized carbons (Fsp3) is 0.471. The molecule has 3 rings (SSSR count). The molecule has 1 fully saturated rings. The van der Waals surface area contributed by atoms with E-state index in [-0.39, 0.29) is 11.7 Å². The summed E-state index contributed by atoms with van der Waals surface area (Å²) in [6.07, 6.45) is 0.490. The van der Waals surface area contributed by atoms with Gasteiger partial charge in [0.25, 0.3) is 0 Å². The molecule has 1 heterocycles. The monoisotopic (exact) mass is 333 g/mol. The molecule has 1 aromatic carbocycles. The maximum Gasteiger partial charge on any atom is 0.307 e. The van der Waals surface area contributed by atoms with Crippen molar-refractivity contribution in [2.24, 2.45) is 24.3 Å². The molecule has 1 amide bonds. The maximum absolute atomic E-state index is 13.3. The average Bonchev–Trinajstić information content (AvgIpc) is 2.97. The number of carbonyl (C=O) groups is 2. The van der Waals surface area contributed by atoms with Gasteiger partial charge in [-0.15, -0.1) is 0 Å². The highest BCUT2D eigenvalue weighted by Crippen LogP contribution is 2.58. The summed E-state index contributed by atoms with van der Waals surface area (Å²) in [5.74, 6) is -1.88. The highest BCUT2D eigenvalue weighted by Gasteiger charge is 2.65. The normalized spacial score (nSPS) is 21.7. The van der Waals surface area contributed by atoms with Crippen LogP contribution in [0.4, 0.5) is 4.39 Å². The van der Waals surface area contributed by atoms with Crippen molar-refractivity contribution >= 4 is 22.9 Å². The Morgan fingerprint density at radius 3 is 2.71 bits per heavy atom. The molecule has 1 aliphatic rings. The number of hydrogen-bond donors (Lipinski definition) is 2. The molecule has 7 heteroatoms. The summed E-state index contributed by atoms with van der Waals surface area (Å²) in [7, 11) is 1.80. The van der Waals surface area contributed by atoms with E-state index >= 15 is 0 Å². The molecule has 0 aliphatic heterocycles. The van der Waals surface area contributed by atoms with E-state index in [2.05, 4.69) is 10.3 Å². The number of nitrogens with one attached hydrogen (secondary N) is 1. The van der Waals surface area contributed by atoms with Gasteiger partial charge in [-0.2, -0.15) is 0 Å². The number of benzene rings is 1. The number of carboxylic acid groups (broad SMARTS) is 1. The molecule has 24 heavy (non-hydrogen) atoms. The third kappa shape index (κ3) is 2.64. The van der Waals surface area contributed by atoms with Crippen molar-refractivity contribution in [3.05, 3.63) is 29.8 Å². The van der Waals surface area contributed by atoms with Crippen LogP contribution in [0.3, 0.4) is 0 Å². The number of amides is 1. The number of halogens is 1. The molecule has 0 bridgehead atoms. The van der Waals surface area contributed by atoms with Crippen LogP contribution >= 0.6 is 0 Å². The Hall–Kier alpha value is -2.44. The molecule has 2 N–H and O–H groups in total. The van der Waals surface area contributed by atoms with Crippen LogP contribution in [-0.4, -0.2) is 33.1 Å². The lowest BCUT2D eigenvalue weighted by atomic mass is 10.1. The van der Waals surface area contributed by atoms with E-state index in [9.17, 15) is 14.0 Å². The summed E-state index contributed by atoms with van der Waals surface area (Å²) >= 11 is 0. The number of hydrogen-bond acceptors (Lipinski definition) is 3. The zero-order valence-corrected chi connectivity index (χ0v) is 13.8. The first kappa shape index (κ1) is 16.4. The predicted molar refractivity (Wildman–Crippen MR) is 85.8 cm³/mol. The minimum absolute atomic E-state index is 0.239. The van der Waals surface area contributed by atoms with Crippen LogP contribution in [-0.2, 0) is 23.1 Å². The van der Waals surface area contributed by atoms with Gasteiger partial charge in [0.2, 0.25) is 5.91 Å². The highest BCUT2D eigenvalue weighted by atomic mass is 19.1. The van der Waals surface area contributed by atoms with Crippen LogP contribution in [0, 0.1) is 23.1 Å². The molecule has 1 aromatic heterocycles. The fourth-order valence-corrected chi connectivity index (χ4v) is 3.43. The molecule has 0 radical (unpaired) electrons. The highest BCUT2D eigenvalue weighted by molar-refractivity contribution is 5.91. The summed E-state index contributed by atoms with van der Waals surface area (Å²) in [6.45, 7) is 3.93. The van der Waals surface area contributed by atoms with Gasteiger partial charge in [0, 0.05) is 20.0 Å². The minimum Gasteiger partial charge on any atom is -0.481 e. The Labute approximate surface area is 138 Å². The largest absolute Gasteiger partial charge is 0.481 e. The second kappa shape index (κ2) is 5.58. The predicted octanol–water partition coefficient (Wildman–Crippen LogP) is 1.73. The van der Waals surface area contributed by atoms with Crippen LogP contribution in [0.15, 0.2) is 18.2 Å². The molecule has 1 aliphatic carbocycles. The summed E-state index contributed by atoms with van der Waals surface area (Å²) in [5.41, 5.74) is 0.894. The number of aryl methyl sites for hydroxylation is 1. The standard InChI is InChI=1S/C17H20FN3O3/c1-17(2)13(14(17)16(23)24)15(22)19-7-6-12-20-10-5-4-9(18)8-11(10)21(12)3/h4-5,8,13-14H,6-7H2,1-3H3,(H,19,22)(H,23,24)/t13-,14+/m0/s1. The van der Waals surface area contributed by atoms with Crippen LogP contribution < -0.4 is 5.32 Å². The number of rotatable bonds is 5. The molecule has 6 nitrogen and oxygen atoms in total. The van der Waals surface area contributed by atoms with Crippen LogP contribution in [0.1, 0.15) is 19.7 Å². The third-order valence-electron chi connectivity index (χ3n) is 4.96. The van der Waals surface area contributed by atoms with Crippen LogP contribution in [0.25, 0.3) is 11.0 Å². The van der Waals surface area contributed by atoms with Gasteiger partial charge in [0.1, 0.15) is 11.6 Å². The molecule has 0 saturated heterocycles. The lowest BCUT2D eigenvalue weighted by Crippen LogP contribution is -2.29. The van der Waals surface area contributed by atoms with Gasteiger partial charge in [-0.05, 0) is 23.6 Å². The topological polar surface area (TPSA) is 84.2 Å². The van der Waals surface area contributed by atoms with Crippen molar-refractivity contribution in [3.8, 4) is 0 Å². The first-order valence-electron chi connectivity index (χ1n) is 7.85. The van der Waals surface area contributed by atoms with Crippen LogP contribution in [0.2, 0.25) is 0 Å². The van der Waals surface area contributed by atoms with Crippen molar-refractivity contribution in [3.63, 3.8) is 0 Å². The van der Waals surface area contributed by atoms with Gasteiger partial charge in [0.05, 0.1) is 22.9 Å². The van der Waals surface area contributed by atoms with Crippen molar-refractivity contribution in [2.75, 3.05) is 6.54 Å². The lowest BCUT2D eigenvalue weighted by molar-refractivity contribution is -0.140. The van der Waals surface area contributed by atoms with Gasteiger partial charge >= 0.3 is 5.97 Å². The van der Waals surface area contributed by atoms with E-state index in [1.54, 1.807) is 31.5 Å². The molecule has 2 aromatic rings. The van der Waals surface area contributed by atoms with E-state index in [1.807, 2.05) is 0 Å². The van der Waals surface area contributed by atoms with Crippen molar-refractivity contribution in [1.82, 2.24) is 14.9 Å². The zero-order chi connectivity index (χ0) is 17.6. The summed E-state index contributed by atoms with van der Waals surface area (Å²) < 4.78 is 15.1. The molecule has 0 unspecified atom stereocenters. The summed E-state index contributed by atoms with van der Waals surface area (Å²) in [5, 5.41) is 11.9. The molecule has 2 atom stereocenters. The number of carboxylic acids is 1. The Morgan fingerprint density at radius 2 is 2.08 bits per heavy atom. The summed E-state index contributed by atoms with van der Waals surface area (Å²) in [6, 6.07) is 4.41. The third-order valence-corrected chi connectivity index (χ3v) is 4.96. The molecule has 128 valence electrons. The SMILES string of the molecule is Cn1c(CCNC(=O)[C@@H]2[C@H](C(=O)O)C2(C)C)nc2ccc(F)cc21. The zero-order valence-electron chi connectivity index (χ0n) is 13.8. The first-order chi connectivity index (χ1) is 11.2. The Bertz CT molecular complexity index is 828. The first-order valence-corrected chi connectivity index (χ1v) is 7.85. The lowest BCUT2D eigenvalue weighted by Gasteiger charge is -2.06. The van der Waals surface area contributed by atoms with Gasteiger partial charge in [0.15, 0.2) is 0 Å². The Balaban J connectivity index is 1.62. The Morgan fingerprint density at radius 1 is 1.38 bits per heavy atom. The maximum atomic E-state index is 13.3. The van der Waals surface area contributed by atoms with E-state index in [0.717, 1.165) is 5.82 Å². The van der Waals surface area contributed by atoms with Crippen molar-refractivity contribution in [2.45, 2.75) is 20.3 Å². The Kier molecular flexibility index (Phi) is 3.81. The van der Waals surface area contributed by atoms with Gasteiger partial charge in [-0.25, -0.2) is 9.37 Å². The second-order valence-corrected chi connectivity index (χ2v) is 6.88. The average molecular weight is 333 g/mol. The smallest absolute Gasteiger partial charge is 0.307 e. The van der Waals surface area contributed by atoms with Crippen molar-refractivity contribution < 1.29 is 19.1 Å². The van der Waals surface area contributed by atoms with Crippen LogP contribution in [0.5, 0.6) is 0 Å². The molecular formula is C17H20FN3O3. The summed E-state index contributed by atoms with van der Waals surface area (Å²) in [4.78, 5) is 27.7. The van der Waals surface area contributed by atoms with E-state index in [1.165, 1.54) is 12.1 Å². The van der Waals surface area contributed by atoms with Crippen molar-refractivity contribution in [1.29, 1.82) is 0 Å². The van der Waals surface area contributed by atoms with E-state index in [4.69, 9.17) is 5.11 Å². The quantitative estimate of drug-likeness (QED) is 0.873. The van der Waals surface area contributed by atoms with E-state index < -0.39 is 23.2 Å². The fourth-order valence-electron chi connectivity index (χ4n) is 3.43. The number of imidazole rings is 1. The van der Waals surface area contributed by atoms with Gasteiger partial charge < -0.3 is 15.0 Å².